The number of carbonyl (C=O) groups is 2. The summed E-state index contributed by atoms with van der Waals surface area (Å²) >= 11 is 0. The van der Waals surface area contributed by atoms with E-state index < -0.39 is 0 Å². The summed E-state index contributed by atoms with van der Waals surface area (Å²) in [5.41, 5.74) is 4.32. The number of nitrogens with one attached hydrogen (secondary N) is 1. The molecule has 2 aromatic rings. The Balaban J connectivity index is 1.92. The van der Waals surface area contributed by atoms with Gasteiger partial charge in [0.05, 0.1) is 0 Å². The number of rotatable bonds is 7. The zero-order valence-corrected chi connectivity index (χ0v) is 16.1. The molecule has 1 N–H and O–H groups in total. The first-order valence-electron chi connectivity index (χ1n) is 9.07. The molecule has 138 valence electrons. The van der Waals surface area contributed by atoms with Crippen molar-refractivity contribution in [2.75, 3.05) is 11.4 Å². The van der Waals surface area contributed by atoms with Crippen LogP contribution in [0.3, 0.4) is 0 Å². The first-order chi connectivity index (χ1) is 12.4. The van der Waals surface area contributed by atoms with Crippen LogP contribution in [-0.4, -0.2) is 18.4 Å². The normalized spacial score (nSPS) is 10.7. The highest BCUT2D eigenvalue weighted by Crippen LogP contribution is 2.20. The monoisotopic (exact) mass is 352 g/mol. The summed E-state index contributed by atoms with van der Waals surface area (Å²) in [4.78, 5) is 25.8. The predicted molar refractivity (Wildman–Crippen MR) is 106 cm³/mol. The van der Waals surface area contributed by atoms with Crippen molar-refractivity contribution in [1.82, 2.24) is 5.32 Å². The van der Waals surface area contributed by atoms with Gasteiger partial charge in [-0.1, -0.05) is 50.2 Å². The highest BCUT2D eigenvalue weighted by atomic mass is 16.2. The van der Waals surface area contributed by atoms with Crippen LogP contribution in [0.1, 0.15) is 49.8 Å². The number of hydrogen-bond donors (Lipinski definition) is 1. The maximum atomic E-state index is 12.2. The lowest BCUT2D eigenvalue weighted by atomic mass is 10.0. The van der Waals surface area contributed by atoms with Crippen LogP contribution in [-0.2, 0) is 16.1 Å². The Bertz CT molecular complexity index is 751. The largest absolute Gasteiger partial charge is 0.352 e. The molecule has 2 amide bonds. The van der Waals surface area contributed by atoms with E-state index in [-0.39, 0.29) is 18.2 Å². The van der Waals surface area contributed by atoms with Gasteiger partial charge in [0, 0.05) is 32.1 Å². The highest BCUT2D eigenvalue weighted by Gasteiger charge is 2.14. The van der Waals surface area contributed by atoms with E-state index in [1.165, 1.54) is 12.5 Å². The first-order valence-corrected chi connectivity index (χ1v) is 9.07. The second kappa shape index (κ2) is 9.18. The van der Waals surface area contributed by atoms with Crippen LogP contribution in [0.15, 0.2) is 48.5 Å². The number of aryl methyl sites for hydroxylation is 1. The molecule has 0 heterocycles. The van der Waals surface area contributed by atoms with E-state index in [9.17, 15) is 9.59 Å². The topological polar surface area (TPSA) is 49.4 Å². The maximum Gasteiger partial charge on any atom is 0.223 e. The third-order valence-corrected chi connectivity index (χ3v) is 4.55. The van der Waals surface area contributed by atoms with Crippen LogP contribution in [0.5, 0.6) is 0 Å². The average molecular weight is 352 g/mol. The Hall–Kier alpha value is -2.62. The second-order valence-corrected chi connectivity index (χ2v) is 6.87. The van der Waals surface area contributed by atoms with E-state index in [0.29, 0.717) is 19.0 Å². The maximum absolute atomic E-state index is 12.2. The molecule has 4 nitrogen and oxygen atoms in total. The van der Waals surface area contributed by atoms with Gasteiger partial charge in [0.15, 0.2) is 0 Å². The lowest BCUT2D eigenvalue weighted by molar-refractivity contribution is -0.121. The Morgan fingerprint density at radius 3 is 2.27 bits per heavy atom. The Kier molecular flexibility index (Phi) is 6.96. The van der Waals surface area contributed by atoms with E-state index in [0.717, 1.165) is 16.8 Å². The fourth-order valence-electron chi connectivity index (χ4n) is 2.81. The van der Waals surface area contributed by atoms with Crippen LogP contribution in [0.25, 0.3) is 0 Å². The Morgan fingerprint density at radius 2 is 1.69 bits per heavy atom. The van der Waals surface area contributed by atoms with E-state index in [2.05, 4.69) is 19.2 Å². The van der Waals surface area contributed by atoms with Gasteiger partial charge >= 0.3 is 0 Å². The van der Waals surface area contributed by atoms with Gasteiger partial charge in [-0.05, 0) is 41.7 Å². The molecule has 0 saturated carbocycles. The lowest BCUT2D eigenvalue weighted by Crippen LogP contribution is -2.33. The molecule has 0 saturated heterocycles. The van der Waals surface area contributed by atoms with Gasteiger partial charge < -0.3 is 10.2 Å². The predicted octanol–water partition coefficient (Wildman–Crippen LogP) is 4.18. The molecule has 0 unspecified atom stereocenters. The SMILES string of the molecule is CC(=O)N(CCC(=O)NCc1ccccc1C)c1ccc(C(C)C)cc1. The minimum Gasteiger partial charge on any atom is -0.352 e. The number of hydrogen-bond acceptors (Lipinski definition) is 2. The van der Waals surface area contributed by atoms with E-state index in [1.54, 1.807) is 4.90 Å². The van der Waals surface area contributed by atoms with Crippen LogP contribution in [0, 0.1) is 6.92 Å². The van der Waals surface area contributed by atoms with Crippen molar-refractivity contribution in [3.8, 4) is 0 Å². The molecule has 2 aromatic carbocycles. The Labute approximate surface area is 156 Å². The molecule has 0 aliphatic carbocycles. The number of anilines is 1. The van der Waals surface area contributed by atoms with Gasteiger partial charge in [0.2, 0.25) is 11.8 Å². The van der Waals surface area contributed by atoms with Gasteiger partial charge in [-0.25, -0.2) is 0 Å². The third kappa shape index (κ3) is 5.45. The van der Waals surface area contributed by atoms with Crippen LogP contribution in [0.2, 0.25) is 0 Å². The van der Waals surface area contributed by atoms with E-state index in [4.69, 9.17) is 0 Å². The van der Waals surface area contributed by atoms with Crippen molar-refractivity contribution in [3.63, 3.8) is 0 Å². The molecule has 0 fully saturated rings. The highest BCUT2D eigenvalue weighted by molar-refractivity contribution is 5.92. The fraction of sp³-hybridized carbons (Fsp3) is 0.364. The molecule has 26 heavy (non-hydrogen) atoms. The van der Waals surface area contributed by atoms with Gasteiger partial charge in [-0.15, -0.1) is 0 Å². The number of amides is 2. The van der Waals surface area contributed by atoms with Crippen LogP contribution < -0.4 is 10.2 Å². The number of nitrogens with zero attached hydrogens (tertiary/aromatic N) is 1. The van der Waals surface area contributed by atoms with Crippen molar-refractivity contribution in [1.29, 1.82) is 0 Å². The number of carbonyl (C=O) groups excluding carboxylic acids is 2. The summed E-state index contributed by atoms with van der Waals surface area (Å²) in [5, 5.41) is 2.93. The van der Waals surface area contributed by atoms with E-state index in [1.807, 2.05) is 55.5 Å². The molecule has 0 spiro atoms. The molecular formula is C22H28N2O2. The van der Waals surface area contributed by atoms with Gasteiger partial charge in [-0.3, -0.25) is 9.59 Å². The summed E-state index contributed by atoms with van der Waals surface area (Å²) in [7, 11) is 0. The Morgan fingerprint density at radius 1 is 1.04 bits per heavy atom. The van der Waals surface area contributed by atoms with Crippen LogP contribution >= 0.6 is 0 Å². The van der Waals surface area contributed by atoms with Gasteiger partial charge in [0.25, 0.3) is 0 Å². The molecular weight excluding hydrogens is 324 g/mol. The molecule has 2 rings (SSSR count). The quantitative estimate of drug-likeness (QED) is 0.813. The van der Waals surface area contributed by atoms with E-state index >= 15 is 0 Å². The zero-order valence-electron chi connectivity index (χ0n) is 16.1. The summed E-state index contributed by atoms with van der Waals surface area (Å²) < 4.78 is 0. The molecule has 4 heteroatoms. The minimum absolute atomic E-state index is 0.0571. The standard InChI is InChI=1S/C22H28N2O2/c1-16(2)19-9-11-21(12-10-19)24(18(4)25)14-13-22(26)23-15-20-8-6-5-7-17(20)3/h5-12,16H,13-15H2,1-4H3,(H,23,26). The summed E-state index contributed by atoms with van der Waals surface area (Å²) in [6.07, 6.45) is 0.275. The summed E-state index contributed by atoms with van der Waals surface area (Å²) in [6.45, 7) is 8.71. The molecule has 0 radical (unpaired) electrons. The minimum atomic E-state index is -0.0611. The van der Waals surface area contributed by atoms with Crippen molar-refractivity contribution >= 4 is 17.5 Å². The molecule has 0 aliphatic rings. The molecule has 0 aliphatic heterocycles. The third-order valence-electron chi connectivity index (χ3n) is 4.55. The number of benzene rings is 2. The fourth-order valence-corrected chi connectivity index (χ4v) is 2.81. The van der Waals surface area contributed by atoms with Crippen molar-refractivity contribution < 1.29 is 9.59 Å². The smallest absolute Gasteiger partial charge is 0.223 e. The zero-order chi connectivity index (χ0) is 19.1. The molecule has 0 bridgehead atoms. The second-order valence-electron chi connectivity index (χ2n) is 6.87. The van der Waals surface area contributed by atoms with Crippen molar-refractivity contribution in [2.24, 2.45) is 0 Å². The molecule has 0 atom stereocenters. The van der Waals surface area contributed by atoms with Crippen LogP contribution in [0.4, 0.5) is 5.69 Å². The van der Waals surface area contributed by atoms with Crippen molar-refractivity contribution in [2.45, 2.75) is 46.6 Å². The summed E-state index contributed by atoms with van der Waals surface area (Å²) in [6, 6.07) is 15.9. The average Bonchev–Trinajstić information content (AvgIpc) is 2.61. The van der Waals surface area contributed by atoms with Gasteiger partial charge in [-0.2, -0.15) is 0 Å². The summed E-state index contributed by atoms with van der Waals surface area (Å²) in [5.74, 6) is 0.328. The lowest BCUT2D eigenvalue weighted by Gasteiger charge is -2.21. The first kappa shape index (κ1) is 19.7. The van der Waals surface area contributed by atoms with Gasteiger partial charge in [0.1, 0.15) is 0 Å². The van der Waals surface area contributed by atoms with Crippen molar-refractivity contribution in [3.05, 3.63) is 65.2 Å². The molecule has 0 aromatic heterocycles.